The van der Waals surface area contributed by atoms with E-state index in [9.17, 15) is 30.7 Å². The van der Waals surface area contributed by atoms with Crippen LogP contribution in [0.1, 0.15) is 5.56 Å². The molecule has 0 atom stereocenters. The van der Waals surface area contributed by atoms with Crippen molar-refractivity contribution in [3.8, 4) is 0 Å². The van der Waals surface area contributed by atoms with Crippen molar-refractivity contribution < 1.29 is 40.6 Å². The standard InChI is InChI=1S/C11H12F4N2.C2HF3O2/c12-8-2-1-3-9(10(8)11(13,14)15)17-6-4-16-5-7-17;3-2(4,5)1(6)7/h1-3,16H,4-7H2;(H,6,7). The number of nitrogens with zero attached hydrogens (tertiary/aromatic N) is 1. The number of piperazine rings is 1. The summed E-state index contributed by atoms with van der Waals surface area (Å²) in [6.45, 7) is 2.11. The third kappa shape index (κ3) is 5.55. The van der Waals surface area contributed by atoms with E-state index in [0.717, 1.165) is 6.07 Å². The zero-order chi connectivity index (χ0) is 18.5. The summed E-state index contributed by atoms with van der Waals surface area (Å²) in [5.41, 5.74) is -1.24. The summed E-state index contributed by atoms with van der Waals surface area (Å²) in [7, 11) is 0. The number of carboxylic acid groups (broad SMARTS) is 1. The Balaban J connectivity index is 0.000000351. The molecule has 2 rings (SSSR count). The summed E-state index contributed by atoms with van der Waals surface area (Å²) in [6.07, 6.45) is -9.74. The summed E-state index contributed by atoms with van der Waals surface area (Å²) < 4.78 is 83.4. The topological polar surface area (TPSA) is 52.6 Å². The third-order valence-corrected chi connectivity index (χ3v) is 2.98. The average Bonchev–Trinajstić information content (AvgIpc) is 2.46. The lowest BCUT2D eigenvalue weighted by Gasteiger charge is -2.31. The van der Waals surface area contributed by atoms with Crippen LogP contribution < -0.4 is 10.2 Å². The van der Waals surface area contributed by atoms with Crippen molar-refractivity contribution in [1.29, 1.82) is 0 Å². The molecule has 0 aromatic heterocycles. The zero-order valence-electron chi connectivity index (χ0n) is 12.0. The Morgan fingerprint density at radius 2 is 1.58 bits per heavy atom. The number of rotatable bonds is 1. The molecule has 0 saturated carbocycles. The van der Waals surface area contributed by atoms with Gasteiger partial charge in [-0.1, -0.05) is 6.07 Å². The van der Waals surface area contributed by atoms with Crippen LogP contribution in [0, 0.1) is 5.82 Å². The molecule has 1 saturated heterocycles. The minimum atomic E-state index is -5.08. The van der Waals surface area contributed by atoms with Gasteiger partial charge in [-0.25, -0.2) is 9.18 Å². The number of hydrogen-bond donors (Lipinski definition) is 2. The Morgan fingerprint density at radius 1 is 1.08 bits per heavy atom. The van der Waals surface area contributed by atoms with Gasteiger partial charge in [-0.2, -0.15) is 26.3 Å². The predicted octanol–water partition coefficient (Wildman–Crippen LogP) is 2.89. The summed E-state index contributed by atoms with van der Waals surface area (Å²) in [5.74, 6) is -3.97. The second-order valence-electron chi connectivity index (χ2n) is 4.67. The van der Waals surface area contributed by atoms with E-state index >= 15 is 0 Å². The van der Waals surface area contributed by atoms with E-state index in [1.165, 1.54) is 12.1 Å². The van der Waals surface area contributed by atoms with Crippen molar-refractivity contribution in [3.05, 3.63) is 29.6 Å². The van der Waals surface area contributed by atoms with Gasteiger partial charge in [-0.05, 0) is 12.1 Å². The summed E-state index contributed by atoms with van der Waals surface area (Å²) in [6, 6.07) is 3.47. The van der Waals surface area contributed by atoms with Crippen molar-refractivity contribution >= 4 is 11.7 Å². The molecule has 2 N–H and O–H groups in total. The fourth-order valence-electron chi connectivity index (χ4n) is 1.96. The highest BCUT2D eigenvalue weighted by atomic mass is 19.4. The van der Waals surface area contributed by atoms with Gasteiger partial charge >= 0.3 is 18.3 Å². The minimum Gasteiger partial charge on any atom is -0.475 e. The van der Waals surface area contributed by atoms with Crippen LogP contribution in [-0.4, -0.2) is 43.4 Å². The molecule has 11 heteroatoms. The molecule has 1 aromatic carbocycles. The molecule has 0 radical (unpaired) electrons. The lowest BCUT2D eigenvalue weighted by molar-refractivity contribution is -0.192. The Morgan fingerprint density at radius 3 is 2.00 bits per heavy atom. The second-order valence-corrected chi connectivity index (χ2v) is 4.67. The number of carboxylic acids is 1. The molecular formula is C13H13F7N2O2. The van der Waals surface area contributed by atoms with Gasteiger partial charge in [0.2, 0.25) is 0 Å². The van der Waals surface area contributed by atoms with Gasteiger partial charge < -0.3 is 15.3 Å². The number of nitrogens with one attached hydrogen (secondary N) is 1. The Kier molecular flexibility index (Phi) is 6.41. The molecule has 24 heavy (non-hydrogen) atoms. The van der Waals surface area contributed by atoms with Crippen LogP contribution in [0.3, 0.4) is 0 Å². The van der Waals surface area contributed by atoms with Gasteiger partial charge in [0.1, 0.15) is 11.4 Å². The first-order chi connectivity index (χ1) is 10.9. The molecule has 1 aliphatic rings. The lowest BCUT2D eigenvalue weighted by atomic mass is 10.1. The van der Waals surface area contributed by atoms with Gasteiger partial charge in [0.05, 0.1) is 5.69 Å². The number of benzene rings is 1. The summed E-state index contributed by atoms with van der Waals surface area (Å²) in [4.78, 5) is 10.5. The van der Waals surface area contributed by atoms with Crippen molar-refractivity contribution in [1.82, 2.24) is 5.32 Å². The van der Waals surface area contributed by atoms with Crippen LogP contribution in [0.5, 0.6) is 0 Å². The van der Waals surface area contributed by atoms with Crippen molar-refractivity contribution in [2.45, 2.75) is 12.4 Å². The first kappa shape index (κ1) is 20.0. The molecule has 1 heterocycles. The molecule has 4 nitrogen and oxygen atoms in total. The predicted molar refractivity (Wildman–Crippen MR) is 70.2 cm³/mol. The van der Waals surface area contributed by atoms with Crippen LogP contribution >= 0.6 is 0 Å². The van der Waals surface area contributed by atoms with E-state index in [-0.39, 0.29) is 5.69 Å². The Hall–Kier alpha value is -2.04. The summed E-state index contributed by atoms with van der Waals surface area (Å²) >= 11 is 0. The second kappa shape index (κ2) is 7.69. The highest BCUT2D eigenvalue weighted by Gasteiger charge is 2.39. The van der Waals surface area contributed by atoms with E-state index in [1.807, 2.05) is 0 Å². The van der Waals surface area contributed by atoms with Crippen LogP contribution in [-0.2, 0) is 11.0 Å². The van der Waals surface area contributed by atoms with E-state index in [2.05, 4.69) is 5.32 Å². The smallest absolute Gasteiger partial charge is 0.475 e. The fraction of sp³-hybridized carbons (Fsp3) is 0.462. The maximum Gasteiger partial charge on any atom is 0.490 e. The van der Waals surface area contributed by atoms with E-state index in [0.29, 0.717) is 26.2 Å². The quantitative estimate of drug-likeness (QED) is 0.755. The largest absolute Gasteiger partial charge is 0.490 e. The van der Waals surface area contributed by atoms with Crippen LogP contribution in [0.25, 0.3) is 0 Å². The molecule has 1 fully saturated rings. The first-order valence-corrected chi connectivity index (χ1v) is 6.56. The molecular weight excluding hydrogens is 349 g/mol. The minimum absolute atomic E-state index is 0.0704. The number of carbonyl (C=O) groups is 1. The van der Waals surface area contributed by atoms with Gasteiger partial charge in [0.25, 0.3) is 0 Å². The fourth-order valence-corrected chi connectivity index (χ4v) is 1.96. The number of anilines is 1. The maximum atomic E-state index is 13.3. The Labute approximate surface area is 131 Å². The van der Waals surface area contributed by atoms with Gasteiger partial charge in [0, 0.05) is 26.2 Å². The maximum absolute atomic E-state index is 13.3. The SMILES string of the molecule is Fc1cccc(N2CCNCC2)c1C(F)(F)F.O=C(O)C(F)(F)F. The molecule has 0 aliphatic carbocycles. The van der Waals surface area contributed by atoms with Gasteiger partial charge in [-0.15, -0.1) is 0 Å². The van der Waals surface area contributed by atoms with Gasteiger partial charge in [-0.3, -0.25) is 0 Å². The molecule has 1 aromatic rings. The van der Waals surface area contributed by atoms with Crippen molar-refractivity contribution in [3.63, 3.8) is 0 Å². The van der Waals surface area contributed by atoms with Crippen molar-refractivity contribution in [2.75, 3.05) is 31.1 Å². The Bertz CT molecular complexity index is 566. The molecule has 1 aliphatic heterocycles. The molecule has 0 unspecified atom stereocenters. The molecule has 0 amide bonds. The lowest BCUT2D eigenvalue weighted by Crippen LogP contribution is -2.44. The number of alkyl halides is 6. The molecule has 136 valence electrons. The monoisotopic (exact) mass is 362 g/mol. The molecule has 0 bridgehead atoms. The average molecular weight is 362 g/mol. The van der Waals surface area contributed by atoms with Crippen LogP contribution in [0.2, 0.25) is 0 Å². The van der Waals surface area contributed by atoms with Gasteiger partial charge in [0.15, 0.2) is 0 Å². The number of aliphatic carboxylic acids is 1. The van der Waals surface area contributed by atoms with E-state index in [1.54, 1.807) is 4.90 Å². The highest BCUT2D eigenvalue weighted by molar-refractivity contribution is 5.73. The van der Waals surface area contributed by atoms with E-state index in [4.69, 9.17) is 9.90 Å². The van der Waals surface area contributed by atoms with E-state index < -0.39 is 29.7 Å². The normalized spacial score (nSPS) is 15.5. The highest BCUT2D eigenvalue weighted by Crippen LogP contribution is 2.38. The zero-order valence-corrected chi connectivity index (χ0v) is 12.0. The first-order valence-electron chi connectivity index (χ1n) is 6.56. The molecule has 0 spiro atoms. The van der Waals surface area contributed by atoms with Crippen molar-refractivity contribution in [2.24, 2.45) is 0 Å². The van der Waals surface area contributed by atoms with Crippen LogP contribution in [0.4, 0.5) is 36.4 Å². The number of hydrogen-bond acceptors (Lipinski definition) is 3. The van der Waals surface area contributed by atoms with Crippen LogP contribution in [0.15, 0.2) is 18.2 Å². The third-order valence-electron chi connectivity index (χ3n) is 2.98. The summed E-state index contributed by atoms with van der Waals surface area (Å²) in [5, 5.41) is 10.2. The number of halogens is 7.